The van der Waals surface area contributed by atoms with Gasteiger partial charge in [-0.25, -0.2) is 4.39 Å². The van der Waals surface area contributed by atoms with Crippen LogP contribution in [-0.4, -0.2) is 5.67 Å². The van der Waals surface area contributed by atoms with Crippen molar-refractivity contribution in [2.75, 3.05) is 0 Å². The summed E-state index contributed by atoms with van der Waals surface area (Å²) in [4.78, 5) is 0. The predicted molar refractivity (Wildman–Crippen MR) is 43.7 cm³/mol. The second kappa shape index (κ2) is 4.04. The minimum absolute atomic E-state index is 1.33. The van der Waals surface area contributed by atoms with Crippen LogP contribution >= 0.6 is 0 Å². The minimum Gasteiger partial charge on any atom is -0.235 e. The molecule has 0 nitrogen and oxygen atoms in total. The zero-order chi connectivity index (χ0) is 8.04. The van der Waals surface area contributed by atoms with E-state index in [1.165, 1.54) is 19.1 Å². The molecular formula is C9H13F. The van der Waals surface area contributed by atoms with Crippen LogP contribution in [0.3, 0.4) is 0 Å². The second-order valence-corrected chi connectivity index (χ2v) is 2.25. The zero-order valence-electron chi connectivity index (χ0n) is 6.47. The van der Waals surface area contributed by atoms with E-state index < -0.39 is 5.67 Å². The summed E-state index contributed by atoms with van der Waals surface area (Å²) in [6.45, 7) is 6.73. The Hall–Kier alpha value is -0.850. The van der Waals surface area contributed by atoms with Gasteiger partial charge >= 0.3 is 0 Å². The van der Waals surface area contributed by atoms with Gasteiger partial charge in [0.1, 0.15) is 5.67 Å². The third-order valence-electron chi connectivity index (χ3n) is 1.05. The third kappa shape index (κ3) is 4.07. The van der Waals surface area contributed by atoms with E-state index in [1.807, 2.05) is 0 Å². The molecule has 0 radical (unpaired) electrons. The molecule has 0 rings (SSSR count). The first-order chi connectivity index (χ1) is 4.62. The number of hydrogen-bond acceptors (Lipinski definition) is 0. The number of rotatable bonds is 3. The quantitative estimate of drug-likeness (QED) is 0.417. The Morgan fingerprint density at radius 2 is 2.00 bits per heavy atom. The minimum atomic E-state index is -1.33. The Morgan fingerprint density at radius 3 is 2.40 bits per heavy atom. The van der Waals surface area contributed by atoms with E-state index in [4.69, 9.17) is 0 Å². The third-order valence-corrected chi connectivity index (χ3v) is 1.05. The van der Waals surface area contributed by atoms with Crippen molar-refractivity contribution < 1.29 is 4.39 Å². The molecule has 0 aliphatic heterocycles. The maximum atomic E-state index is 13.1. The van der Waals surface area contributed by atoms with Gasteiger partial charge in [-0.3, -0.25) is 0 Å². The van der Waals surface area contributed by atoms with E-state index in [2.05, 4.69) is 6.58 Å². The van der Waals surface area contributed by atoms with Crippen molar-refractivity contribution in [3.63, 3.8) is 0 Å². The van der Waals surface area contributed by atoms with Gasteiger partial charge in [0.15, 0.2) is 0 Å². The molecule has 56 valence electrons. The lowest BCUT2D eigenvalue weighted by Gasteiger charge is -2.07. The van der Waals surface area contributed by atoms with Gasteiger partial charge in [0.25, 0.3) is 0 Å². The van der Waals surface area contributed by atoms with E-state index in [-0.39, 0.29) is 0 Å². The summed E-state index contributed by atoms with van der Waals surface area (Å²) >= 11 is 0. The van der Waals surface area contributed by atoms with E-state index in [9.17, 15) is 4.39 Å². The van der Waals surface area contributed by atoms with Crippen molar-refractivity contribution in [1.29, 1.82) is 0 Å². The molecule has 0 N–H and O–H groups in total. The Labute approximate surface area is 61.8 Å². The number of halogens is 1. The molecule has 0 spiro atoms. The van der Waals surface area contributed by atoms with Crippen LogP contribution < -0.4 is 0 Å². The molecule has 0 saturated carbocycles. The smallest absolute Gasteiger partial charge is 0.144 e. The summed E-state index contributed by atoms with van der Waals surface area (Å²) in [5.41, 5.74) is -1.33. The SMILES string of the molecule is C=C/C=C\C(C)(F)/C=C\C. The molecule has 0 heterocycles. The normalized spacial score (nSPS) is 17.9. The molecule has 1 heteroatoms. The van der Waals surface area contributed by atoms with Crippen LogP contribution in [0.5, 0.6) is 0 Å². The standard InChI is InChI=1S/C9H13F/c1-4-6-8-9(3,10)7-5-2/h4-8H,1H2,2-3H3/b7-5-,8-6-. The molecule has 0 bridgehead atoms. The van der Waals surface area contributed by atoms with E-state index in [1.54, 1.807) is 25.2 Å². The number of hydrogen-bond donors (Lipinski definition) is 0. The molecule has 0 aromatic heterocycles. The Kier molecular flexibility index (Phi) is 3.70. The van der Waals surface area contributed by atoms with Crippen molar-refractivity contribution in [3.8, 4) is 0 Å². The van der Waals surface area contributed by atoms with Crippen LogP contribution in [0.4, 0.5) is 4.39 Å². The van der Waals surface area contributed by atoms with Crippen molar-refractivity contribution >= 4 is 0 Å². The van der Waals surface area contributed by atoms with Crippen LogP contribution in [0, 0.1) is 0 Å². The monoisotopic (exact) mass is 140 g/mol. The largest absolute Gasteiger partial charge is 0.235 e. The fourth-order valence-electron chi connectivity index (χ4n) is 0.638. The van der Waals surface area contributed by atoms with Crippen LogP contribution in [0.15, 0.2) is 37.0 Å². The lowest BCUT2D eigenvalue weighted by Crippen LogP contribution is -2.08. The van der Waals surface area contributed by atoms with Gasteiger partial charge in [-0.2, -0.15) is 0 Å². The molecule has 0 aliphatic carbocycles. The first-order valence-electron chi connectivity index (χ1n) is 3.25. The highest BCUT2D eigenvalue weighted by molar-refractivity contribution is 5.14. The fourth-order valence-corrected chi connectivity index (χ4v) is 0.638. The molecule has 0 saturated heterocycles. The van der Waals surface area contributed by atoms with Gasteiger partial charge in [-0.15, -0.1) is 0 Å². The first kappa shape index (κ1) is 9.15. The predicted octanol–water partition coefficient (Wildman–Crippen LogP) is 3.03. The van der Waals surface area contributed by atoms with Gasteiger partial charge in [-0.05, 0) is 26.0 Å². The molecular weight excluding hydrogens is 127 g/mol. The summed E-state index contributed by atoms with van der Waals surface area (Å²) in [6, 6.07) is 0. The number of allylic oxidation sites excluding steroid dienone is 5. The van der Waals surface area contributed by atoms with Crippen molar-refractivity contribution in [1.82, 2.24) is 0 Å². The summed E-state index contributed by atoms with van der Waals surface area (Å²) < 4.78 is 13.1. The van der Waals surface area contributed by atoms with Crippen LogP contribution in [-0.2, 0) is 0 Å². The average molecular weight is 140 g/mol. The first-order valence-corrected chi connectivity index (χ1v) is 3.25. The fraction of sp³-hybridized carbons (Fsp3) is 0.333. The molecule has 0 aromatic carbocycles. The molecule has 1 unspecified atom stereocenters. The summed E-state index contributed by atoms with van der Waals surface area (Å²) in [7, 11) is 0. The van der Waals surface area contributed by atoms with E-state index in [0.29, 0.717) is 0 Å². The van der Waals surface area contributed by atoms with Crippen molar-refractivity contribution in [3.05, 3.63) is 37.0 Å². The molecule has 0 aromatic rings. The van der Waals surface area contributed by atoms with Gasteiger partial charge < -0.3 is 0 Å². The van der Waals surface area contributed by atoms with Crippen LogP contribution in [0.25, 0.3) is 0 Å². The van der Waals surface area contributed by atoms with Gasteiger partial charge in [0.05, 0.1) is 0 Å². The van der Waals surface area contributed by atoms with E-state index >= 15 is 0 Å². The highest BCUT2D eigenvalue weighted by Crippen LogP contribution is 2.13. The highest BCUT2D eigenvalue weighted by Gasteiger charge is 2.12. The Bertz CT molecular complexity index is 152. The average Bonchev–Trinajstić information content (AvgIpc) is 1.84. The van der Waals surface area contributed by atoms with Gasteiger partial charge in [0.2, 0.25) is 0 Å². The lowest BCUT2D eigenvalue weighted by atomic mass is 10.1. The topological polar surface area (TPSA) is 0 Å². The maximum Gasteiger partial charge on any atom is 0.144 e. The van der Waals surface area contributed by atoms with Gasteiger partial charge in [-0.1, -0.05) is 24.8 Å². The second-order valence-electron chi connectivity index (χ2n) is 2.25. The lowest BCUT2D eigenvalue weighted by molar-refractivity contribution is 0.328. The summed E-state index contributed by atoms with van der Waals surface area (Å²) in [6.07, 6.45) is 7.79. The van der Waals surface area contributed by atoms with E-state index in [0.717, 1.165) is 0 Å². The number of alkyl halides is 1. The summed E-state index contributed by atoms with van der Waals surface area (Å²) in [5, 5.41) is 0. The molecule has 0 aliphatic rings. The molecule has 1 atom stereocenters. The Morgan fingerprint density at radius 1 is 1.40 bits per heavy atom. The molecule has 0 amide bonds. The molecule has 0 fully saturated rings. The zero-order valence-corrected chi connectivity index (χ0v) is 6.47. The van der Waals surface area contributed by atoms with Crippen LogP contribution in [0.1, 0.15) is 13.8 Å². The van der Waals surface area contributed by atoms with Crippen LogP contribution in [0.2, 0.25) is 0 Å². The van der Waals surface area contributed by atoms with Gasteiger partial charge in [0, 0.05) is 0 Å². The highest BCUT2D eigenvalue weighted by atomic mass is 19.1. The Balaban J connectivity index is 4.10. The molecule has 10 heavy (non-hydrogen) atoms. The van der Waals surface area contributed by atoms with Crippen molar-refractivity contribution in [2.24, 2.45) is 0 Å². The maximum absolute atomic E-state index is 13.1. The summed E-state index contributed by atoms with van der Waals surface area (Å²) in [5.74, 6) is 0. The van der Waals surface area contributed by atoms with Crippen molar-refractivity contribution in [2.45, 2.75) is 19.5 Å².